The summed E-state index contributed by atoms with van der Waals surface area (Å²) in [6.45, 7) is 5.25. The van der Waals surface area contributed by atoms with Gasteiger partial charge < -0.3 is 10.6 Å². The zero-order valence-corrected chi connectivity index (χ0v) is 14.9. The van der Waals surface area contributed by atoms with E-state index in [4.69, 9.17) is 0 Å². The lowest BCUT2D eigenvalue weighted by Crippen LogP contribution is -2.23. The first-order chi connectivity index (χ1) is 12.3. The second-order valence-electron chi connectivity index (χ2n) is 6.23. The number of hydrogen-bond donors (Lipinski definition) is 2. The summed E-state index contributed by atoms with van der Waals surface area (Å²) in [5.41, 5.74) is 1.75. The van der Waals surface area contributed by atoms with E-state index in [1.54, 1.807) is 6.92 Å². The van der Waals surface area contributed by atoms with E-state index >= 15 is 0 Å². The molecular formula is C20H23F3N2O. The molecule has 0 saturated carbocycles. The summed E-state index contributed by atoms with van der Waals surface area (Å²) >= 11 is 0. The number of para-hydroxylation sites is 1. The number of amides is 1. The molecule has 0 bridgehead atoms. The smallest absolute Gasteiger partial charge is 0.326 e. The molecule has 0 radical (unpaired) electrons. The van der Waals surface area contributed by atoms with E-state index in [0.717, 1.165) is 29.9 Å². The van der Waals surface area contributed by atoms with Gasteiger partial charge in [-0.3, -0.25) is 4.79 Å². The Morgan fingerprint density at radius 2 is 1.73 bits per heavy atom. The quantitative estimate of drug-likeness (QED) is 0.752. The Morgan fingerprint density at radius 1 is 1.08 bits per heavy atom. The van der Waals surface area contributed by atoms with Crippen LogP contribution in [0.15, 0.2) is 48.5 Å². The number of rotatable bonds is 7. The van der Waals surface area contributed by atoms with Crippen LogP contribution in [0, 0.1) is 5.92 Å². The van der Waals surface area contributed by atoms with Gasteiger partial charge in [0.15, 0.2) is 0 Å². The van der Waals surface area contributed by atoms with Crippen LogP contribution in [-0.2, 0) is 23.9 Å². The Balaban J connectivity index is 2.00. The maximum Gasteiger partial charge on any atom is 0.416 e. The molecule has 3 nitrogen and oxygen atoms in total. The largest absolute Gasteiger partial charge is 0.416 e. The molecule has 1 unspecified atom stereocenters. The number of carbonyl (C=O) groups excluding carboxylic acids is 1. The summed E-state index contributed by atoms with van der Waals surface area (Å²) in [5, 5.41) is 6.14. The van der Waals surface area contributed by atoms with Crippen molar-refractivity contribution in [2.24, 2.45) is 5.92 Å². The number of carbonyl (C=O) groups is 1. The van der Waals surface area contributed by atoms with Crippen LogP contribution in [0.1, 0.15) is 30.5 Å². The van der Waals surface area contributed by atoms with Gasteiger partial charge in [-0.15, -0.1) is 0 Å². The minimum atomic E-state index is -4.35. The number of hydrogen-bond acceptors (Lipinski definition) is 2. The molecule has 1 amide bonds. The summed E-state index contributed by atoms with van der Waals surface area (Å²) in [5.74, 6) is -0.521. The Bertz CT molecular complexity index is 727. The maximum absolute atomic E-state index is 12.6. The van der Waals surface area contributed by atoms with Crippen LogP contribution >= 0.6 is 0 Å². The highest BCUT2D eigenvalue weighted by atomic mass is 19.4. The SMILES string of the molecule is CCNCc1ccccc1NC(=O)C(C)Cc1ccc(C(F)(F)F)cc1. The van der Waals surface area contributed by atoms with Gasteiger partial charge in [-0.05, 0) is 42.3 Å². The fraction of sp³-hybridized carbons (Fsp3) is 0.350. The van der Waals surface area contributed by atoms with E-state index in [2.05, 4.69) is 10.6 Å². The average Bonchev–Trinajstić information content (AvgIpc) is 2.60. The normalized spacial score (nSPS) is 12.7. The van der Waals surface area contributed by atoms with Gasteiger partial charge >= 0.3 is 6.18 Å². The average molecular weight is 364 g/mol. The van der Waals surface area contributed by atoms with E-state index in [1.807, 2.05) is 31.2 Å². The standard InChI is InChI=1S/C20H23F3N2O/c1-3-24-13-16-6-4-5-7-18(16)25-19(26)14(2)12-15-8-10-17(11-9-15)20(21,22)23/h4-11,14,24H,3,12-13H2,1-2H3,(H,25,26). The molecule has 0 aliphatic heterocycles. The van der Waals surface area contributed by atoms with Crippen molar-refractivity contribution < 1.29 is 18.0 Å². The molecule has 0 aliphatic rings. The van der Waals surface area contributed by atoms with Crippen LogP contribution in [0.3, 0.4) is 0 Å². The molecule has 6 heteroatoms. The highest BCUT2D eigenvalue weighted by Crippen LogP contribution is 2.29. The predicted molar refractivity (Wildman–Crippen MR) is 96.8 cm³/mol. The third-order valence-corrected chi connectivity index (χ3v) is 4.11. The third kappa shape index (κ3) is 5.59. The van der Waals surface area contributed by atoms with Crippen LogP contribution in [0.2, 0.25) is 0 Å². The molecule has 2 aromatic rings. The summed E-state index contributed by atoms with van der Waals surface area (Å²) in [6.07, 6.45) is -3.98. The van der Waals surface area contributed by atoms with Crippen molar-refractivity contribution >= 4 is 11.6 Å². The molecule has 0 saturated heterocycles. The lowest BCUT2D eigenvalue weighted by Gasteiger charge is -2.15. The lowest BCUT2D eigenvalue weighted by molar-refractivity contribution is -0.137. The third-order valence-electron chi connectivity index (χ3n) is 4.11. The van der Waals surface area contributed by atoms with Crippen molar-refractivity contribution in [1.82, 2.24) is 5.32 Å². The number of benzene rings is 2. The summed E-state index contributed by atoms with van der Waals surface area (Å²) in [7, 11) is 0. The van der Waals surface area contributed by atoms with Gasteiger partial charge in [0.1, 0.15) is 0 Å². The Morgan fingerprint density at radius 3 is 2.35 bits per heavy atom. The number of nitrogens with one attached hydrogen (secondary N) is 2. The molecule has 0 aliphatic carbocycles. The molecule has 2 aromatic carbocycles. The second kappa shape index (κ2) is 8.85. The van der Waals surface area contributed by atoms with Gasteiger partial charge in [-0.25, -0.2) is 0 Å². The first-order valence-corrected chi connectivity index (χ1v) is 8.57. The van der Waals surface area contributed by atoms with E-state index < -0.39 is 11.7 Å². The molecule has 1 atom stereocenters. The molecule has 2 rings (SSSR count). The van der Waals surface area contributed by atoms with Gasteiger partial charge in [0.05, 0.1) is 5.56 Å². The second-order valence-corrected chi connectivity index (χ2v) is 6.23. The Labute approximate surface area is 151 Å². The minimum absolute atomic E-state index is 0.158. The summed E-state index contributed by atoms with van der Waals surface area (Å²) in [4.78, 5) is 12.5. The maximum atomic E-state index is 12.6. The van der Waals surface area contributed by atoms with Crippen LogP contribution in [0.25, 0.3) is 0 Å². The van der Waals surface area contributed by atoms with Gasteiger partial charge in [0.2, 0.25) is 5.91 Å². The van der Waals surface area contributed by atoms with Crippen LogP contribution < -0.4 is 10.6 Å². The van der Waals surface area contributed by atoms with E-state index in [1.165, 1.54) is 12.1 Å². The van der Waals surface area contributed by atoms with E-state index in [0.29, 0.717) is 18.5 Å². The van der Waals surface area contributed by atoms with Crippen LogP contribution in [0.4, 0.5) is 18.9 Å². The van der Waals surface area contributed by atoms with Gasteiger partial charge in [0, 0.05) is 18.2 Å². The molecule has 26 heavy (non-hydrogen) atoms. The Kier molecular flexibility index (Phi) is 6.80. The van der Waals surface area contributed by atoms with Gasteiger partial charge in [-0.2, -0.15) is 13.2 Å². The molecule has 140 valence electrons. The van der Waals surface area contributed by atoms with Crippen molar-refractivity contribution in [3.63, 3.8) is 0 Å². The number of anilines is 1. The Hall–Kier alpha value is -2.34. The molecule has 0 heterocycles. The van der Waals surface area contributed by atoms with Gasteiger partial charge in [0.25, 0.3) is 0 Å². The van der Waals surface area contributed by atoms with Gasteiger partial charge in [-0.1, -0.05) is 44.2 Å². The minimum Gasteiger partial charge on any atom is -0.326 e. The van der Waals surface area contributed by atoms with Crippen molar-refractivity contribution in [2.45, 2.75) is 33.0 Å². The zero-order chi connectivity index (χ0) is 19.2. The molecule has 0 fully saturated rings. The molecular weight excluding hydrogens is 341 g/mol. The van der Waals surface area contributed by atoms with Crippen molar-refractivity contribution in [3.05, 3.63) is 65.2 Å². The lowest BCUT2D eigenvalue weighted by atomic mass is 9.99. The first-order valence-electron chi connectivity index (χ1n) is 8.57. The molecule has 2 N–H and O–H groups in total. The van der Waals surface area contributed by atoms with Crippen molar-refractivity contribution in [2.75, 3.05) is 11.9 Å². The van der Waals surface area contributed by atoms with Crippen molar-refractivity contribution in [3.8, 4) is 0 Å². The number of halogens is 3. The van der Waals surface area contributed by atoms with Crippen molar-refractivity contribution in [1.29, 1.82) is 0 Å². The fourth-order valence-electron chi connectivity index (χ4n) is 2.59. The highest BCUT2D eigenvalue weighted by Gasteiger charge is 2.30. The molecule has 0 spiro atoms. The summed E-state index contributed by atoms with van der Waals surface area (Å²) in [6, 6.07) is 12.5. The van der Waals surface area contributed by atoms with Crippen LogP contribution in [-0.4, -0.2) is 12.5 Å². The summed E-state index contributed by atoms with van der Waals surface area (Å²) < 4.78 is 37.8. The zero-order valence-electron chi connectivity index (χ0n) is 14.9. The fourth-order valence-corrected chi connectivity index (χ4v) is 2.59. The first kappa shape index (κ1) is 20.0. The topological polar surface area (TPSA) is 41.1 Å². The predicted octanol–water partition coefficient (Wildman–Crippen LogP) is 4.63. The number of alkyl halides is 3. The van der Waals surface area contributed by atoms with E-state index in [-0.39, 0.29) is 11.8 Å². The highest BCUT2D eigenvalue weighted by molar-refractivity contribution is 5.93. The van der Waals surface area contributed by atoms with Crippen LogP contribution in [0.5, 0.6) is 0 Å². The monoisotopic (exact) mass is 364 g/mol. The van der Waals surface area contributed by atoms with E-state index in [9.17, 15) is 18.0 Å². The molecule has 0 aromatic heterocycles.